The van der Waals surface area contributed by atoms with E-state index >= 15 is 0 Å². The molecule has 1 heterocycles. The van der Waals surface area contributed by atoms with Gasteiger partial charge in [-0.15, -0.1) is 0 Å². The molecule has 1 atom stereocenters. The number of nitrogens with two attached hydrogens (primary N) is 1. The first-order valence-electron chi connectivity index (χ1n) is 5.82. The zero-order valence-corrected chi connectivity index (χ0v) is 10.1. The van der Waals surface area contributed by atoms with E-state index in [2.05, 4.69) is 17.2 Å². The predicted octanol–water partition coefficient (Wildman–Crippen LogP) is -0.327. The van der Waals surface area contributed by atoms with Crippen LogP contribution in [0.5, 0.6) is 0 Å². The second-order valence-corrected chi connectivity index (χ2v) is 4.30. The summed E-state index contributed by atoms with van der Waals surface area (Å²) in [5.74, 6) is 0.758. The van der Waals surface area contributed by atoms with E-state index in [1.165, 1.54) is 6.42 Å². The van der Waals surface area contributed by atoms with Crippen molar-refractivity contribution in [3.8, 4) is 6.07 Å². The zero-order chi connectivity index (χ0) is 12.7. The molecule has 0 aromatic carbocycles. The molecule has 0 aromatic rings. The Morgan fingerprint density at radius 2 is 2.47 bits per heavy atom. The van der Waals surface area contributed by atoms with E-state index in [1.807, 2.05) is 11.0 Å². The largest absolute Gasteiger partial charge is 0.370 e. The maximum absolute atomic E-state index is 11.2. The standard InChI is InChI=1S/C11H19N5O/c1-9-3-2-6-16(8-9)11(13)15-7-10(17)14-5-4-12/h9H,2-3,5-8H2,1H3,(H2,13,15)(H,14,17). The average molecular weight is 237 g/mol. The Hall–Kier alpha value is -1.77. The second-order valence-electron chi connectivity index (χ2n) is 4.30. The molecule has 0 radical (unpaired) electrons. The highest BCUT2D eigenvalue weighted by Gasteiger charge is 2.17. The van der Waals surface area contributed by atoms with Crippen molar-refractivity contribution in [2.24, 2.45) is 16.6 Å². The topological polar surface area (TPSA) is 94.5 Å². The summed E-state index contributed by atoms with van der Waals surface area (Å²) in [5, 5.41) is 10.7. The van der Waals surface area contributed by atoms with Crippen LogP contribution in [-0.2, 0) is 4.79 Å². The number of carbonyl (C=O) groups is 1. The highest BCUT2D eigenvalue weighted by Crippen LogP contribution is 2.14. The quantitative estimate of drug-likeness (QED) is 0.399. The van der Waals surface area contributed by atoms with Crippen molar-refractivity contribution in [2.45, 2.75) is 19.8 Å². The molecule has 1 saturated heterocycles. The number of hydrogen-bond acceptors (Lipinski definition) is 3. The van der Waals surface area contributed by atoms with E-state index in [0.717, 1.165) is 19.5 Å². The monoisotopic (exact) mass is 237 g/mol. The lowest BCUT2D eigenvalue weighted by Gasteiger charge is -2.31. The molecule has 1 rings (SSSR count). The SMILES string of the molecule is CC1CCCN(C(N)=NCC(=O)NCC#N)C1. The van der Waals surface area contributed by atoms with Crippen molar-refractivity contribution in [1.29, 1.82) is 5.26 Å². The summed E-state index contributed by atoms with van der Waals surface area (Å²) in [7, 11) is 0. The number of amides is 1. The third-order valence-electron chi connectivity index (χ3n) is 2.73. The molecule has 1 aliphatic heterocycles. The fourth-order valence-corrected chi connectivity index (χ4v) is 1.84. The molecule has 0 bridgehead atoms. The van der Waals surface area contributed by atoms with E-state index in [0.29, 0.717) is 11.9 Å². The van der Waals surface area contributed by atoms with Gasteiger partial charge in [-0.3, -0.25) is 4.79 Å². The lowest BCUT2D eigenvalue weighted by Crippen LogP contribution is -2.44. The summed E-state index contributed by atoms with van der Waals surface area (Å²) in [5.41, 5.74) is 5.82. The molecule has 1 amide bonds. The number of likely N-dealkylation sites (tertiary alicyclic amines) is 1. The Kier molecular flexibility index (Phi) is 5.27. The summed E-state index contributed by atoms with van der Waals surface area (Å²) >= 11 is 0. The van der Waals surface area contributed by atoms with Gasteiger partial charge < -0.3 is 16.0 Å². The summed E-state index contributed by atoms with van der Waals surface area (Å²) in [4.78, 5) is 17.2. The lowest BCUT2D eigenvalue weighted by atomic mass is 10.0. The van der Waals surface area contributed by atoms with Gasteiger partial charge in [-0.05, 0) is 18.8 Å². The maximum Gasteiger partial charge on any atom is 0.242 e. The second kappa shape index (κ2) is 6.74. The Morgan fingerprint density at radius 3 is 3.12 bits per heavy atom. The van der Waals surface area contributed by atoms with Crippen molar-refractivity contribution in [3.63, 3.8) is 0 Å². The minimum atomic E-state index is -0.278. The van der Waals surface area contributed by atoms with Crippen LogP contribution in [0.15, 0.2) is 4.99 Å². The Bertz CT molecular complexity index is 333. The zero-order valence-electron chi connectivity index (χ0n) is 10.1. The van der Waals surface area contributed by atoms with Crippen LogP contribution in [-0.4, -0.2) is 42.9 Å². The number of piperidine rings is 1. The Labute approximate surface area is 101 Å². The fraction of sp³-hybridized carbons (Fsp3) is 0.727. The highest BCUT2D eigenvalue weighted by molar-refractivity contribution is 5.84. The molecular weight excluding hydrogens is 218 g/mol. The molecule has 17 heavy (non-hydrogen) atoms. The molecular formula is C11H19N5O. The van der Waals surface area contributed by atoms with Gasteiger partial charge in [0.05, 0.1) is 6.07 Å². The van der Waals surface area contributed by atoms with Crippen LogP contribution in [0.4, 0.5) is 0 Å². The van der Waals surface area contributed by atoms with E-state index in [4.69, 9.17) is 11.0 Å². The Balaban J connectivity index is 2.38. The van der Waals surface area contributed by atoms with E-state index in [-0.39, 0.29) is 19.0 Å². The van der Waals surface area contributed by atoms with Crippen molar-refractivity contribution in [3.05, 3.63) is 0 Å². The van der Waals surface area contributed by atoms with Crippen LogP contribution in [0.3, 0.4) is 0 Å². The molecule has 1 aliphatic rings. The molecule has 1 unspecified atom stereocenters. The molecule has 6 nitrogen and oxygen atoms in total. The molecule has 3 N–H and O–H groups in total. The van der Waals surface area contributed by atoms with Gasteiger partial charge in [0.15, 0.2) is 5.96 Å². The normalized spacial score (nSPS) is 20.8. The number of carbonyl (C=O) groups excluding carboxylic acids is 1. The summed E-state index contributed by atoms with van der Waals surface area (Å²) < 4.78 is 0. The predicted molar refractivity (Wildman–Crippen MR) is 65.1 cm³/mol. The molecule has 6 heteroatoms. The third-order valence-corrected chi connectivity index (χ3v) is 2.73. The first-order valence-corrected chi connectivity index (χ1v) is 5.82. The summed E-state index contributed by atoms with van der Waals surface area (Å²) in [6.07, 6.45) is 2.32. The number of guanidine groups is 1. The van der Waals surface area contributed by atoms with Crippen LogP contribution >= 0.6 is 0 Å². The molecule has 0 aliphatic carbocycles. The smallest absolute Gasteiger partial charge is 0.242 e. The molecule has 94 valence electrons. The van der Waals surface area contributed by atoms with Gasteiger partial charge in [-0.25, -0.2) is 4.99 Å². The number of nitrogens with zero attached hydrogens (tertiary/aromatic N) is 3. The average Bonchev–Trinajstić information content (AvgIpc) is 2.33. The number of nitrogens with one attached hydrogen (secondary N) is 1. The molecule has 0 spiro atoms. The Morgan fingerprint density at radius 1 is 1.71 bits per heavy atom. The molecule has 1 fully saturated rings. The maximum atomic E-state index is 11.2. The van der Waals surface area contributed by atoms with Crippen LogP contribution in [0.2, 0.25) is 0 Å². The van der Waals surface area contributed by atoms with Gasteiger partial charge >= 0.3 is 0 Å². The van der Waals surface area contributed by atoms with Gasteiger partial charge in [-0.2, -0.15) is 5.26 Å². The van der Waals surface area contributed by atoms with Crippen molar-refractivity contribution < 1.29 is 4.79 Å². The first kappa shape index (κ1) is 13.3. The van der Waals surface area contributed by atoms with Crippen LogP contribution in [0.25, 0.3) is 0 Å². The number of aliphatic imine (C=N–C) groups is 1. The van der Waals surface area contributed by atoms with E-state index in [9.17, 15) is 4.79 Å². The minimum absolute atomic E-state index is 0.00893. The number of hydrogen-bond donors (Lipinski definition) is 2. The fourth-order valence-electron chi connectivity index (χ4n) is 1.84. The van der Waals surface area contributed by atoms with Crippen LogP contribution in [0, 0.1) is 17.2 Å². The van der Waals surface area contributed by atoms with Gasteiger partial charge in [0.25, 0.3) is 0 Å². The minimum Gasteiger partial charge on any atom is -0.370 e. The van der Waals surface area contributed by atoms with Gasteiger partial charge in [0.2, 0.25) is 5.91 Å². The van der Waals surface area contributed by atoms with Crippen molar-refractivity contribution in [1.82, 2.24) is 10.2 Å². The summed E-state index contributed by atoms with van der Waals surface area (Å²) in [6, 6.07) is 1.83. The van der Waals surface area contributed by atoms with Gasteiger partial charge in [0, 0.05) is 13.1 Å². The van der Waals surface area contributed by atoms with Crippen LogP contribution < -0.4 is 11.1 Å². The van der Waals surface area contributed by atoms with Crippen LogP contribution in [0.1, 0.15) is 19.8 Å². The third kappa shape index (κ3) is 4.72. The van der Waals surface area contributed by atoms with Crippen molar-refractivity contribution >= 4 is 11.9 Å². The van der Waals surface area contributed by atoms with Crippen molar-refractivity contribution in [2.75, 3.05) is 26.2 Å². The number of rotatable bonds is 3. The van der Waals surface area contributed by atoms with E-state index in [1.54, 1.807) is 0 Å². The van der Waals surface area contributed by atoms with E-state index < -0.39 is 0 Å². The highest BCUT2D eigenvalue weighted by atomic mass is 16.1. The first-order chi connectivity index (χ1) is 8.13. The molecule has 0 saturated carbocycles. The molecule has 0 aromatic heterocycles. The summed E-state index contributed by atoms with van der Waals surface area (Å²) in [6.45, 7) is 3.97. The number of nitriles is 1. The van der Waals surface area contributed by atoms with Gasteiger partial charge in [0.1, 0.15) is 13.1 Å². The lowest BCUT2D eigenvalue weighted by molar-refractivity contribution is -0.119. The van der Waals surface area contributed by atoms with Gasteiger partial charge in [-0.1, -0.05) is 6.92 Å².